The molecule has 0 aromatic carbocycles. The van der Waals surface area contributed by atoms with E-state index in [4.69, 9.17) is 0 Å². The molecule has 0 aliphatic carbocycles. The van der Waals surface area contributed by atoms with Gasteiger partial charge in [0.2, 0.25) is 0 Å². The fourth-order valence-electron chi connectivity index (χ4n) is 2.42. The minimum absolute atomic E-state index is 0.761. The van der Waals surface area contributed by atoms with Gasteiger partial charge in [-0.25, -0.2) is 0 Å². The molecule has 2 nitrogen and oxygen atoms in total. The van der Waals surface area contributed by atoms with Crippen molar-refractivity contribution in [2.45, 2.75) is 52.5 Å². The van der Waals surface area contributed by atoms with Crippen molar-refractivity contribution >= 4 is 0 Å². The van der Waals surface area contributed by atoms with Gasteiger partial charge in [0.15, 0.2) is 0 Å². The van der Waals surface area contributed by atoms with Crippen LogP contribution in [-0.4, -0.2) is 37.1 Å². The highest BCUT2D eigenvalue weighted by atomic mass is 15.2. The molecule has 90 valence electrons. The minimum atomic E-state index is 0.761. The molecule has 1 aliphatic heterocycles. The van der Waals surface area contributed by atoms with Gasteiger partial charge >= 0.3 is 0 Å². The van der Waals surface area contributed by atoms with Crippen molar-refractivity contribution in [2.24, 2.45) is 5.92 Å². The highest BCUT2D eigenvalue weighted by molar-refractivity contribution is 4.75. The van der Waals surface area contributed by atoms with Crippen LogP contribution in [0.3, 0.4) is 0 Å². The third-order valence-corrected chi connectivity index (χ3v) is 3.82. The summed E-state index contributed by atoms with van der Waals surface area (Å²) >= 11 is 0. The van der Waals surface area contributed by atoms with Crippen LogP contribution in [-0.2, 0) is 0 Å². The lowest BCUT2D eigenvalue weighted by Gasteiger charge is -2.24. The van der Waals surface area contributed by atoms with Gasteiger partial charge in [-0.15, -0.1) is 0 Å². The highest BCUT2D eigenvalue weighted by Gasteiger charge is 2.16. The van der Waals surface area contributed by atoms with Gasteiger partial charge in [-0.3, -0.25) is 0 Å². The fraction of sp³-hybridized carbons (Fsp3) is 1.00. The second kappa shape index (κ2) is 7.24. The number of nitrogens with zero attached hydrogens (tertiary/aromatic N) is 1. The van der Waals surface area contributed by atoms with Crippen LogP contribution in [0.2, 0.25) is 0 Å². The van der Waals surface area contributed by atoms with Crippen LogP contribution < -0.4 is 5.32 Å². The van der Waals surface area contributed by atoms with Gasteiger partial charge in [0.1, 0.15) is 0 Å². The molecule has 1 unspecified atom stereocenters. The van der Waals surface area contributed by atoms with E-state index in [1.165, 1.54) is 51.9 Å². The van der Waals surface area contributed by atoms with Crippen LogP contribution in [0.5, 0.6) is 0 Å². The molecule has 0 aromatic heterocycles. The van der Waals surface area contributed by atoms with Gasteiger partial charge in [0.25, 0.3) is 0 Å². The molecular weight excluding hydrogens is 184 g/mol. The van der Waals surface area contributed by atoms with E-state index >= 15 is 0 Å². The largest absolute Gasteiger partial charge is 0.313 e. The average Bonchev–Trinajstić information content (AvgIpc) is 2.50. The van der Waals surface area contributed by atoms with E-state index in [0.29, 0.717) is 0 Å². The van der Waals surface area contributed by atoms with Crippen LogP contribution in [0.25, 0.3) is 0 Å². The molecule has 15 heavy (non-hydrogen) atoms. The maximum atomic E-state index is 3.63. The van der Waals surface area contributed by atoms with E-state index in [1.54, 1.807) is 0 Å². The molecule has 1 fully saturated rings. The lowest BCUT2D eigenvalue weighted by molar-refractivity contribution is 0.235. The lowest BCUT2D eigenvalue weighted by atomic mass is 10.0. The van der Waals surface area contributed by atoms with E-state index in [2.05, 4.69) is 31.0 Å². The molecule has 0 bridgehead atoms. The molecule has 0 aromatic rings. The Morgan fingerprint density at radius 1 is 1.20 bits per heavy atom. The Bertz CT molecular complexity index is 155. The van der Waals surface area contributed by atoms with Crippen molar-refractivity contribution in [1.82, 2.24) is 10.2 Å². The van der Waals surface area contributed by atoms with E-state index in [1.807, 2.05) is 0 Å². The summed E-state index contributed by atoms with van der Waals surface area (Å²) in [5.74, 6) is 0.906. The summed E-state index contributed by atoms with van der Waals surface area (Å²) in [6.07, 6.45) is 5.27. The molecule has 1 atom stereocenters. The Morgan fingerprint density at radius 3 is 2.53 bits per heavy atom. The second-order valence-corrected chi connectivity index (χ2v) is 4.83. The van der Waals surface area contributed by atoms with Gasteiger partial charge in [0.05, 0.1) is 0 Å². The predicted molar refractivity (Wildman–Crippen MR) is 67.2 cm³/mol. The fourth-order valence-corrected chi connectivity index (χ4v) is 2.42. The van der Waals surface area contributed by atoms with Gasteiger partial charge in [0, 0.05) is 25.7 Å². The normalized spacial score (nSPS) is 24.4. The number of rotatable bonds is 5. The molecular formula is C13H28N2. The monoisotopic (exact) mass is 212 g/mol. The lowest BCUT2D eigenvalue weighted by Crippen LogP contribution is -2.32. The molecule has 0 radical (unpaired) electrons. The first-order valence-corrected chi connectivity index (χ1v) is 6.75. The van der Waals surface area contributed by atoms with Crippen LogP contribution in [0.1, 0.15) is 46.5 Å². The number of nitrogens with one attached hydrogen (secondary N) is 1. The van der Waals surface area contributed by atoms with Crippen LogP contribution in [0.15, 0.2) is 0 Å². The molecule has 1 aliphatic rings. The van der Waals surface area contributed by atoms with Gasteiger partial charge in [-0.1, -0.05) is 33.6 Å². The molecule has 1 N–H and O–H groups in total. The summed E-state index contributed by atoms with van der Waals surface area (Å²) in [4.78, 5) is 2.65. The van der Waals surface area contributed by atoms with Crippen LogP contribution >= 0.6 is 0 Å². The Hall–Kier alpha value is -0.0800. The first-order chi connectivity index (χ1) is 7.30. The molecule has 2 heteroatoms. The molecule has 1 rings (SSSR count). The van der Waals surface area contributed by atoms with Crippen LogP contribution in [0, 0.1) is 5.92 Å². The number of hydrogen-bond acceptors (Lipinski definition) is 2. The van der Waals surface area contributed by atoms with Crippen molar-refractivity contribution in [3.63, 3.8) is 0 Å². The maximum absolute atomic E-state index is 3.63. The Kier molecular flexibility index (Phi) is 6.26. The van der Waals surface area contributed by atoms with Gasteiger partial charge < -0.3 is 10.2 Å². The summed E-state index contributed by atoms with van der Waals surface area (Å²) in [5, 5.41) is 3.63. The zero-order valence-corrected chi connectivity index (χ0v) is 10.8. The average molecular weight is 212 g/mol. The second-order valence-electron chi connectivity index (χ2n) is 4.83. The standard InChI is InChI=1S/C13H28N2/c1-4-12(5-2)11-15-9-7-13(6-3)14-8-10-15/h12-14H,4-11H2,1-3H3. The first-order valence-electron chi connectivity index (χ1n) is 6.75. The summed E-state index contributed by atoms with van der Waals surface area (Å²) < 4.78 is 0. The van der Waals surface area contributed by atoms with Gasteiger partial charge in [-0.05, 0) is 25.3 Å². The molecule has 0 spiro atoms. The van der Waals surface area contributed by atoms with Crippen LogP contribution in [0.4, 0.5) is 0 Å². The summed E-state index contributed by atoms with van der Waals surface area (Å²) in [6.45, 7) is 11.9. The molecule has 1 heterocycles. The van der Waals surface area contributed by atoms with Crippen molar-refractivity contribution in [3.8, 4) is 0 Å². The summed E-state index contributed by atoms with van der Waals surface area (Å²) in [7, 11) is 0. The van der Waals surface area contributed by atoms with E-state index in [9.17, 15) is 0 Å². The minimum Gasteiger partial charge on any atom is -0.313 e. The maximum Gasteiger partial charge on any atom is 0.0107 e. The van der Waals surface area contributed by atoms with Gasteiger partial charge in [-0.2, -0.15) is 0 Å². The SMILES string of the molecule is CCC(CC)CN1CCNC(CC)CC1. The predicted octanol–water partition coefficient (Wildman–Crippen LogP) is 2.50. The summed E-state index contributed by atoms with van der Waals surface area (Å²) in [5.41, 5.74) is 0. The molecule has 0 saturated carbocycles. The van der Waals surface area contributed by atoms with E-state index in [0.717, 1.165) is 12.0 Å². The smallest absolute Gasteiger partial charge is 0.0107 e. The third-order valence-electron chi connectivity index (χ3n) is 3.82. The van der Waals surface area contributed by atoms with Crippen molar-refractivity contribution < 1.29 is 0 Å². The zero-order valence-electron chi connectivity index (χ0n) is 10.8. The number of hydrogen-bond donors (Lipinski definition) is 1. The first kappa shape index (κ1) is 13.0. The Labute approximate surface area is 95.4 Å². The Morgan fingerprint density at radius 2 is 1.93 bits per heavy atom. The zero-order chi connectivity index (χ0) is 11.1. The van der Waals surface area contributed by atoms with E-state index in [-0.39, 0.29) is 0 Å². The van der Waals surface area contributed by atoms with Crippen molar-refractivity contribution in [1.29, 1.82) is 0 Å². The molecule has 1 saturated heterocycles. The molecule has 0 amide bonds. The Balaban J connectivity index is 2.30. The topological polar surface area (TPSA) is 15.3 Å². The summed E-state index contributed by atoms with van der Waals surface area (Å²) in [6, 6.07) is 0.761. The van der Waals surface area contributed by atoms with E-state index < -0.39 is 0 Å². The third kappa shape index (κ3) is 4.52. The highest BCUT2D eigenvalue weighted by Crippen LogP contribution is 2.12. The van der Waals surface area contributed by atoms with Crippen molar-refractivity contribution in [3.05, 3.63) is 0 Å². The quantitative estimate of drug-likeness (QED) is 0.753. The van der Waals surface area contributed by atoms with Crippen molar-refractivity contribution in [2.75, 3.05) is 26.2 Å².